The molecule has 1 amide bonds. The van der Waals surface area contributed by atoms with Gasteiger partial charge in [0, 0.05) is 16.2 Å². The van der Waals surface area contributed by atoms with Crippen molar-refractivity contribution in [2.24, 2.45) is 0 Å². The maximum absolute atomic E-state index is 13.0. The van der Waals surface area contributed by atoms with Crippen LogP contribution in [0.5, 0.6) is 11.5 Å². The lowest BCUT2D eigenvalue weighted by atomic mass is 10.1. The monoisotopic (exact) mass is 471 g/mol. The first kappa shape index (κ1) is 22.8. The van der Waals surface area contributed by atoms with Crippen LogP contribution in [-0.2, 0) is 11.0 Å². The number of nitrogens with one attached hydrogen (secondary N) is 1. The van der Waals surface area contributed by atoms with Crippen LogP contribution >= 0.6 is 15.9 Å². The van der Waals surface area contributed by atoms with Crippen LogP contribution in [0.4, 0.5) is 18.9 Å². The Morgan fingerprint density at radius 1 is 1.10 bits per heavy atom. The van der Waals surface area contributed by atoms with Gasteiger partial charge in [-0.1, -0.05) is 28.9 Å². The predicted molar refractivity (Wildman–Crippen MR) is 110 cm³/mol. The van der Waals surface area contributed by atoms with Gasteiger partial charge >= 0.3 is 6.18 Å². The normalized spacial score (nSPS) is 11.5. The third-order valence-electron chi connectivity index (χ3n) is 3.70. The Kier molecular flexibility index (Phi) is 8.13. The van der Waals surface area contributed by atoms with Crippen molar-refractivity contribution < 1.29 is 27.4 Å². The second-order valence-corrected chi connectivity index (χ2v) is 6.86. The van der Waals surface area contributed by atoms with Gasteiger partial charge in [-0.05, 0) is 55.3 Å². The van der Waals surface area contributed by atoms with E-state index in [9.17, 15) is 18.0 Å². The zero-order chi connectivity index (χ0) is 21.4. The second kappa shape index (κ2) is 10.3. The Hall–Kier alpha value is -2.48. The Morgan fingerprint density at radius 2 is 1.86 bits per heavy atom. The van der Waals surface area contributed by atoms with E-state index in [0.717, 1.165) is 12.5 Å². The minimum Gasteiger partial charge on any atom is -0.490 e. The number of carbonyl (C=O) groups is 1. The molecule has 0 fully saturated rings. The van der Waals surface area contributed by atoms with Crippen molar-refractivity contribution in [3.8, 4) is 11.5 Å². The Labute approximate surface area is 175 Å². The van der Waals surface area contributed by atoms with Crippen LogP contribution in [0.2, 0.25) is 0 Å². The summed E-state index contributed by atoms with van der Waals surface area (Å²) in [6, 6.07) is 8.76. The van der Waals surface area contributed by atoms with Gasteiger partial charge in [0.2, 0.25) is 5.91 Å². The number of benzene rings is 2. The minimum atomic E-state index is -4.52. The molecule has 0 aromatic heterocycles. The van der Waals surface area contributed by atoms with Crippen LogP contribution in [0.15, 0.2) is 46.9 Å². The third-order valence-corrected chi connectivity index (χ3v) is 4.39. The lowest BCUT2D eigenvalue weighted by Crippen LogP contribution is -2.11. The summed E-state index contributed by atoms with van der Waals surface area (Å²) in [7, 11) is 0. The molecule has 156 valence electrons. The summed E-state index contributed by atoms with van der Waals surface area (Å²) in [4.78, 5) is 12.1. The smallest absolute Gasteiger partial charge is 0.417 e. The van der Waals surface area contributed by atoms with E-state index in [0.29, 0.717) is 30.3 Å². The fourth-order valence-corrected chi connectivity index (χ4v) is 2.88. The van der Waals surface area contributed by atoms with Crippen molar-refractivity contribution in [2.75, 3.05) is 18.5 Å². The first-order chi connectivity index (χ1) is 13.7. The molecular weight excluding hydrogens is 451 g/mol. The van der Waals surface area contributed by atoms with Crippen molar-refractivity contribution in [2.45, 2.75) is 26.4 Å². The summed E-state index contributed by atoms with van der Waals surface area (Å²) in [6.07, 6.45) is -0.871. The average molecular weight is 472 g/mol. The van der Waals surface area contributed by atoms with E-state index in [-0.39, 0.29) is 10.2 Å². The van der Waals surface area contributed by atoms with Crippen molar-refractivity contribution >= 4 is 33.6 Å². The molecule has 0 aliphatic carbocycles. The van der Waals surface area contributed by atoms with Crippen LogP contribution in [0.3, 0.4) is 0 Å². The second-order valence-electron chi connectivity index (χ2n) is 6.00. The molecule has 0 atom stereocenters. The molecule has 0 saturated carbocycles. The quantitative estimate of drug-likeness (QED) is 0.459. The van der Waals surface area contributed by atoms with Gasteiger partial charge in [0.15, 0.2) is 11.5 Å². The number of anilines is 1. The molecule has 2 aromatic carbocycles. The van der Waals surface area contributed by atoms with E-state index in [1.807, 2.05) is 13.8 Å². The summed E-state index contributed by atoms with van der Waals surface area (Å²) in [6.45, 7) is 4.87. The Morgan fingerprint density at radius 3 is 2.52 bits per heavy atom. The summed E-state index contributed by atoms with van der Waals surface area (Å²) >= 11 is 2.87. The number of alkyl halides is 3. The van der Waals surface area contributed by atoms with Crippen molar-refractivity contribution in [3.05, 3.63) is 58.1 Å². The van der Waals surface area contributed by atoms with E-state index in [1.165, 1.54) is 18.2 Å². The molecule has 4 nitrogen and oxygen atoms in total. The SMILES string of the molecule is CCCOc1ccc(C=CC(=O)Nc2ccc(Br)c(C(F)(F)F)c2)cc1OCC. The molecule has 0 bridgehead atoms. The van der Waals surface area contributed by atoms with Gasteiger partial charge in [-0.3, -0.25) is 4.79 Å². The third kappa shape index (κ3) is 6.81. The van der Waals surface area contributed by atoms with Gasteiger partial charge in [0.25, 0.3) is 0 Å². The Bertz CT molecular complexity index is 882. The van der Waals surface area contributed by atoms with E-state index >= 15 is 0 Å². The molecule has 8 heteroatoms. The highest BCUT2D eigenvalue weighted by atomic mass is 79.9. The number of amides is 1. The van der Waals surface area contributed by atoms with Gasteiger partial charge in [-0.2, -0.15) is 13.2 Å². The van der Waals surface area contributed by atoms with Gasteiger partial charge in [-0.25, -0.2) is 0 Å². The van der Waals surface area contributed by atoms with Gasteiger partial charge in [0.1, 0.15) is 0 Å². The van der Waals surface area contributed by atoms with Crippen LogP contribution in [0, 0.1) is 0 Å². The molecule has 0 heterocycles. The molecule has 0 aliphatic heterocycles. The molecule has 0 unspecified atom stereocenters. The number of hydrogen-bond acceptors (Lipinski definition) is 3. The lowest BCUT2D eigenvalue weighted by Gasteiger charge is -2.12. The summed E-state index contributed by atoms with van der Waals surface area (Å²) < 4.78 is 50.0. The lowest BCUT2D eigenvalue weighted by molar-refractivity contribution is -0.138. The largest absolute Gasteiger partial charge is 0.490 e. The first-order valence-electron chi connectivity index (χ1n) is 9.00. The number of carbonyl (C=O) groups excluding carboxylic acids is 1. The zero-order valence-electron chi connectivity index (χ0n) is 16.0. The first-order valence-corrected chi connectivity index (χ1v) is 9.79. The van der Waals surface area contributed by atoms with Crippen LogP contribution in [0.1, 0.15) is 31.4 Å². The maximum Gasteiger partial charge on any atom is 0.417 e. The van der Waals surface area contributed by atoms with Crippen LogP contribution in [0.25, 0.3) is 6.08 Å². The van der Waals surface area contributed by atoms with E-state index in [1.54, 1.807) is 24.3 Å². The summed E-state index contributed by atoms with van der Waals surface area (Å²) in [5, 5.41) is 2.43. The van der Waals surface area contributed by atoms with Crippen LogP contribution in [-0.4, -0.2) is 19.1 Å². The van der Waals surface area contributed by atoms with E-state index in [2.05, 4.69) is 21.2 Å². The standard InChI is InChI=1S/C21H21BrF3NO3/c1-3-11-29-18-9-5-14(12-19(18)28-4-2)6-10-20(27)26-15-7-8-17(22)16(13-15)21(23,24)25/h5-10,12-13H,3-4,11H2,1-2H3,(H,26,27). The molecule has 0 radical (unpaired) electrons. The molecule has 2 rings (SSSR count). The molecule has 0 saturated heterocycles. The minimum absolute atomic E-state index is 0.0495. The summed E-state index contributed by atoms with van der Waals surface area (Å²) in [5.74, 6) is 0.626. The Balaban J connectivity index is 2.11. The van der Waals surface area contributed by atoms with Gasteiger partial charge < -0.3 is 14.8 Å². The molecule has 1 N–H and O–H groups in total. The van der Waals surface area contributed by atoms with E-state index < -0.39 is 17.6 Å². The molecule has 29 heavy (non-hydrogen) atoms. The van der Waals surface area contributed by atoms with Crippen molar-refractivity contribution in [1.82, 2.24) is 0 Å². The molecule has 2 aromatic rings. The molecular formula is C21H21BrF3NO3. The van der Waals surface area contributed by atoms with Crippen LogP contribution < -0.4 is 14.8 Å². The van der Waals surface area contributed by atoms with Gasteiger partial charge in [0.05, 0.1) is 18.8 Å². The molecule has 0 spiro atoms. The van der Waals surface area contributed by atoms with E-state index in [4.69, 9.17) is 9.47 Å². The summed E-state index contributed by atoms with van der Waals surface area (Å²) in [5.41, 5.74) is -0.115. The van der Waals surface area contributed by atoms with Gasteiger partial charge in [-0.15, -0.1) is 0 Å². The fraction of sp³-hybridized carbons (Fsp3) is 0.286. The molecule has 0 aliphatic rings. The maximum atomic E-state index is 13.0. The highest BCUT2D eigenvalue weighted by molar-refractivity contribution is 9.10. The highest BCUT2D eigenvalue weighted by Gasteiger charge is 2.33. The van der Waals surface area contributed by atoms with Crippen molar-refractivity contribution in [1.29, 1.82) is 0 Å². The number of rotatable bonds is 8. The zero-order valence-corrected chi connectivity index (χ0v) is 17.6. The predicted octanol–water partition coefficient (Wildman–Crippen LogP) is 6.31. The van der Waals surface area contributed by atoms with Crippen molar-refractivity contribution in [3.63, 3.8) is 0 Å². The topological polar surface area (TPSA) is 47.6 Å². The number of ether oxygens (including phenoxy) is 2. The fourth-order valence-electron chi connectivity index (χ4n) is 2.40. The average Bonchev–Trinajstić information content (AvgIpc) is 2.66. The highest BCUT2D eigenvalue weighted by Crippen LogP contribution is 2.36. The number of hydrogen-bond donors (Lipinski definition) is 1. The number of halogens is 4.